The van der Waals surface area contributed by atoms with Crippen molar-refractivity contribution in [3.8, 4) is 11.4 Å². The maximum absolute atomic E-state index is 11.4. The molecule has 0 atom stereocenters. The number of carbonyl (C=O) groups is 2. The lowest BCUT2D eigenvalue weighted by Gasteiger charge is -2.02. The van der Waals surface area contributed by atoms with E-state index in [1.807, 2.05) is 30.3 Å². The van der Waals surface area contributed by atoms with Gasteiger partial charge in [0.1, 0.15) is 0 Å². The molecule has 1 aromatic carbocycles. The molecule has 1 amide bonds. The zero-order valence-electron chi connectivity index (χ0n) is 11.5. The van der Waals surface area contributed by atoms with E-state index in [1.165, 1.54) is 6.92 Å². The van der Waals surface area contributed by atoms with Crippen molar-refractivity contribution in [3.05, 3.63) is 36.2 Å². The molecule has 0 fully saturated rings. The zero-order valence-corrected chi connectivity index (χ0v) is 11.5. The van der Waals surface area contributed by atoms with E-state index in [0.29, 0.717) is 5.82 Å². The Hall–Kier alpha value is -2.70. The molecule has 110 valence electrons. The van der Waals surface area contributed by atoms with E-state index in [2.05, 4.69) is 15.5 Å². The van der Waals surface area contributed by atoms with Crippen molar-refractivity contribution in [1.82, 2.24) is 15.5 Å². The molecule has 2 rings (SSSR count). The number of hydrogen-bond donors (Lipinski definition) is 1. The minimum absolute atomic E-state index is 0.0846. The summed E-state index contributed by atoms with van der Waals surface area (Å²) in [5.74, 6) is 0.0389. The lowest BCUT2D eigenvalue weighted by molar-refractivity contribution is -0.145. The summed E-state index contributed by atoms with van der Waals surface area (Å²) in [6.45, 7) is 1.54. The van der Waals surface area contributed by atoms with Crippen LogP contribution in [0.4, 0.5) is 0 Å². The fourth-order valence-corrected chi connectivity index (χ4v) is 1.57. The van der Waals surface area contributed by atoms with Gasteiger partial charge in [-0.1, -0.05) is 35.5 Å². The van der Waals surface area contributed by atoms with Crippen LogP contribution in [0.2, 0.25) is 0 Å². The van der Waals surface area contributed by atoms with Crippen LogP contribution in [0, 0.1) is 0 Å². The number of esters is 1. The summed E-state index contributed by atoms with van der Waals surface area (Å²) in [6, 6.07) is 9.34. The van der Waals surface area contributed by atoms with Crippen LogP contribution in [0.15, 0.2) is 34.9 Å². The quantitative estimate of drug-likeness (QED) is 0.806. The van der Waals surface area contributed by atoms with Gasteiger partial charge in [0.2, 0.25) is 11.7 Å². The third-order valence-electron chi connectivity index (χ3n) is 2.56. The van der Waals surface area contributed by atoms with Crippen LogP contribution in [0.5, 0.6) is 0 Å². The van der Waals surface area contributed by atoms with Crippen molar-refractivity contribution in [2.45, 2.75) is 20.0 Å². The molecule has 0 aliphatic carbocycles. The number of nitrogens with zero attached hydrogens (tertiary/aromatic N) is 2. The van der Waals surface area contributed by atoms with E-state index in [4.69, 9.17) is 9.26 Å². The van der Waals surface area contributed by atoms with Crippen LogP contribution in [0.3, 0.4) is 0 Å². The molecule has 1 heterocycles. The van der Waals surface area contributed by atoms with Gasteiger partial charge < -0.3 is 14.6 Å². The smallest absolute Gasteiger partial charge is 0.308 e. The number of amides is 1. The first-order valence-electron chi connectivity index (χ1n) is 6.43. The Bertz CT molecular complexity index is 610. The Kier molecular flexibility index (Phi) is 5.03. The van der Waals surface area contributed by atoms with Crippen molar-refractivity contribution in [2.75, 3.05) is 6.54 Å². The Morgan fingerprint density at radius 2 is 2.05 bits per heavy atom. The molecule has 1 N–H and O–H groups in total. The number of aromatic nitrogens is 2. The predicted molar refractivity (Wildman–Crippen MR) is 72.8 cm³/mol. The second-order valence-electron chi connectivity index (χ2n) is 4.27. The summed E-state index contributed by atoms with van der Waals surface area (Å²) in [6.07, 6.45) is 0.0965. The lowest BCUT2D eigenvalue weighted by Crippen LogP contribution is -2.23. The van der Waals surface area contributed by atoms with Gasteiger partial charge in [0.05, 0.1) is 6.42 Å². The van der Waals surface area contributed by atoms with Gasteiger partial charge in [0.25, 0.3) is 5.89 Å². The van der Waals surface area contributed by atoms with Crippen LogP contribution in [-0.4, -0.2) is 28.6 Å². The Morgan fingerprint density at radius 3 is 2.76 bits per heavy atom. The molecule has 0 unspecified atom stereocenters. The van der Waals surface area contributed by atoms with Gasteiger partial charge in [0, 0.05) is 19.0 Å². The van der Waals surface area contributed by atoms with Gasteiger partial charge in [-0.15, -0.1) is 0 Å². The van der Waals surface area contributed by atoms with Crippen molar-refractivity contribution < 1.29 is 18.8 Å². The molecule has 1 aromatic heterocycles. The highest BCUT2D eigenvalue weighted by atomic mass is 16.6. The molecule has 0 bridgehead atoms. The van der Waals surface area contributed by atoms with Crippen LogP contribution < -0.4 is 5.32 Å². The first kappa shape index (κ1) is 14.7. The molecule has 0 saturated carbocycles. The average Bonchev–Trinajstić information content (AvgIpc) is 2.94. The van der Waals surface area contributed by atoms with E-state index in [0.717, 1.165) is 5.56 Å². The van der Waals surface area contributed by atoms with Crippen molar-refractivity contribution in [1.29, 1.82) is 0 Å². The van der Waals surface area contributed by atoms with E-state index < -0.39 is 5.97 Å². The van der Waals surface area contributed by atoms with Gasteiger partial charge in [0.15, 0.2) is 6.61 Å². The highest BCUT2D eigenvalue weighted by Gasteiger charge is 2.10. The van der Waals surface area contributed by atoms with Gasteiger partial charge in [-0.05, 0) is 0 Å². The van der Waals surface area contributed by atoms with Crippen LogP contribution in [0.25, 0.3) is 11.4 Å². The Labute approximate surface area is 121 Å². The number of rotatable bonds is 6. The van der Waals surface area contributed by atoms with Crippen molar-refractivity contribution in [3.63, 3.8) is 0 Å². The number of carbonyl (C=O) groups excluding carboxylic acids is 2. The summed E-state index contributed by atoms with van der Waals surface area (Å²) in [5.41, 5.74) is 0.824. The highest BCUT2D eigenvalue weighted by molar-refractivity contribution is 5.74. The largest absolute Gasteiger partial charge is 0.456 e. The standard InChI is InChI=1S/C14H15N3O4/c1-10(18)15-8-7-13(19)20-9-12-16-14(17-21-12)11-5-3-2-4-6-11/h2-6H,7-9H2,1H3,(H,15,18). The lowest BCUT2D eigenvalue weighted by atomic mass is 10.2. The van der Waals surface area contributed by atoms with E-state index in [1.54, 1.807) is 0 Å². The van der Waals surface area contributed by atoms with Crippen LogP contribution >= 0.6 is 0 Å². The first-order valence-corrected chi connectivity index (χ1v) is 6.43. The molecule has 21 heavy (non-hydrogen) atoms. The number of hydrogen-bond acceptors (Lipinski definition) is 6. The molecule has 0 radical (unpaired) electrons. The molecule has 7 nitrogen and oxygen atoms in total. The average molecular weight is 289 g/mol. The number of ether oxygens (including phenoxy) is 1. The van der Waals surface area contributed by atoms with E-state index >= 15 is 0 Å². The summed E-state index contributed by atoms with van der Waals surface area (Å²) in [7, 11) is 0. The number of nitrogens with one attached hydrogen (secondary N) is 1. The van der Waals surface area contributed by atoms with E-state index in [-0.39, 0.29) is 31.4 Å². The molecular weight excluding hydrogens is 274 g/mol. The van der Waals surface area contributed by atoms with Gasteiger partial charge in [-0.2, -0.15) is 4.98 Å². The SMILES string of the molecule is CC(=O)NCCC(=O)OCc1nc(-c2ccccc2)no1. The van der Waals surface area contributed by atoms with Gasteiger partial charge >= 0.3 is 5.97 Å². The summed E-state index contributed by atoms with van der Waals surface area (Å²) in [5, 5.41) is 6.32. The van der Waals surface area contributed by atoms with Crippen LogP contribution in [0.1, 0.15) is 19.2 Å². The normalized spacial score (nSPS) is 10.1. The molecule has 0 spiro atoms. The van der Waals surface area contributed by atoms with Crippen molar-refractivity contribution >= 4 is 11.9 Å². The van der Waals surface area contributed by atoms with Crippen molar-refractivity contribution in [2.24, 2.45) is 0 Å². The second-order valence-corrected chi connectivity index (χ2v) is 4.27. The minimum atomic E-state index is -0.441. The first-order chi connectivity index (χ1) is 10.1. The maximum atomic E-state index is 11.4. The number of benzene rings is 1. The summed E-state index contributed by atoms with van der Waals surface area (Å²) < 4.78 is 9.98. The fraction of sp³-hybridized carbons (Fsp3) is 0.286. The third-order valence-corrected chi connectivity index (χ3v) is 2.56. The Balaban J connectivity index is 1.80. The zero-order chi connectivity index (χ0) is 15.1. The highest BCUT2D eigenvalue weighted by Crippen LogP contribution is 2.14. The monoisotopic (exact) mass is 289 g/mol. The molecule has 0 aliphatic rings. The molecule has 0 aliphatic heterocycles. The maximum Gasteiger partial charge on any atom is 0.308 e. The predicted octanol–water partition coefficient (Wildman–Crippen LogP) is 1.31. The molecule has 0 saturated heterocycles. The van der Waals surface area contributed by atoms with Gasteiger partial charge in [-0.3, -0.25) is 9.59 Å². The molecule has 2 aromatic rings. The summed E-state index contributed by atoms with van der Waals surface area (Å²) in [4.78, 5) is 26.2. The third kappa shape index (κ3) is 4.72. The minimum Gasteiger partial charge on any atom is -0.456 e. The van der Waals surface area contributed by atoms with E-state index in [9.17, 15) is 9.59 Å². The molecular formula is C14H15N3O4. The van der Waals surface area contributed by atoms with Crippen LogP contribution in [-0.2, 0) is 20.9 Å². The second kappa shape index (κ2) is 7.18. The summed E-state index contributed by atoms with van der Waals surface area (Å²) >= 11 is 0. The fourth-order valence-electron chi connectivity index (χ4n) is 1.57. The molecule has 7 heteroatoms. The van der Waals surface area contributed by atoms with Gasteiger partial charge in [-0.25, -0.2) is 0 Å². The topological polar surface area (TPSA) is 94.3 Å². The Morgan fingerprint density at radius 1 is 1.29 bits per heavy atom.